The quantitative estimate of drug-likeness (QED) is 0.724. The normalized spacial score (nSPS) is 18.1. The Morgan fingerprint density at radius 1 is 1.13 bits per heavy atom. The molecule has 0 saturated carbocycles. The Labute approximate surface area is 186 Å². The minimum Gasteiger partial charge on any atom is -0.493 e. The predicted molar refractivity (Wildman–Crippen MR) is 124 cm³/mol. The highest BCUT2D eigenvalue weighted by molar-refractivity contribution is 8.14. The van der Waals surface area contributed by atoms with Crippen LogP contribution in [0.1, 0.15) is 30.0 Å². The smallest absolute Gasteiger partial charge is 0.299 e. The second kappa shape index (κ2) is 9.09. The summed E-state index contributed by atoms with van der Waals surface area (Å²) in [5, 5.41) is 4.22. The highest BCUT2D eigenvalue weighted by Gasteiger charge is 2.25. The van der Waals surface area contributed by atoms with Gasteiger partial charge in [0.15, 0.2) is 11.5 Å². The Hall–Kier alpha value is -2.87. The second-order valence-corrected chi connectivity index (χ2v) is 8.87. The molecule has 0 aromatic heterocycles. The highest BCUT2D eigenvalue weighted by Crippen LogP contribution is 2.39. The number of carbonyl (C=O) groups excluding carboxylic acids is 1. The lowest BCUT2D eigenvalue weighted by atomic mass is 9.96. The summed E-state index contributed by atoms with van der Waals surface area (Å²) in [7, 11) is 4.88. The van der Waals surface area contributed by atoms with Gasteiger partial charge >= 0.3 is 0 Å². The van der Waals surface area contributed by atoms with Crippen molar-refractivity contribution >= 4 is 28.4 Å². The van der Waals surface area contributed by atoms with Crippen LogP contribution in [0.25, 0.3) is 0 Å². The third-order valence-electron chi connectivity index (χ3n) is 5.62. The molecule has 4 rings (SSSR count). The maximum Gasteiger partial charge on any atom is 0.299 e. The zero-order valence-electron chi connectivity index (χ0n) is 18.2. The molecule has 1 unspecified atom stereocenters. The molecule has 0 radical (unpaired) electrons. The van der Waals surface area contributed by atoms with Crippen LogP contribution in [0.15, 0.2) is 35.4 Å². The number of ether oxygens (including phenoxy) is 3. The molecule has 2 heterocycles. The summed E-state index contributed by atoms with van der Waals surface area (Å²) in [6.45, 7) is 3.73. The summed E-state index contributed by atoms with van der Waals surface area (Å²) in [5.74, 6) is 1.92. The van der Waals surface area contributed by atoms with Gasteiger partial charge < -0.3 is 19.1 Å². The highest BCUT2D eigenvalue weighted by atomic mass is 32.2. The van der Waals surface area contributed by atoms with E-state index in [2.05, 4.69) is 33.6 Å². The SMILES string of the molecule is COc1cc(CN2CCCc3cc(C4=NNC(=O)SC4C)ccc32)cc(OC)c1OC. The first-order valence-corrected chi connectivity index (χ1v) is 11.1. The van der Waals surface area contributed by atoms with Gasteiger partial charge in [0.1, 0.15) is 0 Å². The van der Waals surface area contributed by atoms with E-state index in [1.165, 1.54) is 23.0 Å². The van der Waals surface area contributed by atoms with E-state index in [4.69, 9.17) is 14.2 Å². The van der Waals surface area contributed by atoms with Gasteiger partial charge in [-0.2, -0.15) is 5.10 Å². The molecular weight excluding hydrogens is 414 g/mol. The maximum atomic E-state index is 11.5. The molecule has 0 fully saturated rings. The molecule has 2 aromatic rings. The van der Waals surface area contributed by atoms with Gasteiger partial charge in [0.2, 0.25) is 5.75 Å². The van der Waals surface area contributed by atoms with E-state index in [1.54, 1.807) is 21.3 Å². The van der Waals surface area contributed by atoms with Crippen molar-refractivity contribution in [3.8, 4) is 17.2 Å². The number of rotatable bonds is 6. The molecule has 1 amide bonds. The number of anilines is 1. The van der Waals surface area contributed by atoms with Gasteiger partial charge in [-0.25, -0.2) is 5.43 Å². The molecule has 1 atom stereocenters. The molecule has 2 aliphatic rings. The molecule has 2 aromatic carbocycles. The summed E-state index contributed by atoms with van der Waals surface area (Å²) < 4.78 is 16.5. The molecule has 8 heteroatoms. The van der Waals surface area contributed by atoms with Crippen LogP contribution >= 0.6 is 11.8 Å². The summed E-state index contributed by atoms with van der Waals surface area (Å²) in [5.41, 5.74) is 8.17. The molecule has 0 spiro atoms. The Balaban J connectivity index is 1.62. The van der Waals surface area contributed by atoms with Crippen LogP contribution < -0.4 is 24.5 Å². The van der Waals surface area contributed by atoms with Crippen LogP contribution in [0.3, 0.4) is 0 Å². The van der Waals surface area contributed by atoms with Crippen LogP contribution in [0, 0.1) is 0 Å². The van der Waals surface area contributed by atoms with E-state index in [9.17, 15) is 4.79 Å². The Morgan fingerprint density at radius 2 is 1.87 bits per heavy atom. The van der Waals surface area contributed by atoms with E-state index < -0.39 is 0 Å². The average Bonchev–Trinajstić information content (AvgIpc) is 2.78. The van der Waals surface area contributed by atoms with Crippen molar-refractivity contribution in [2.24, 2.45) is 5.10 Å². The van der Waals surface area contributed by atoms with Gasteiger partial charge in [0.25, 0.3) is 5.24 Å². The third kappa shape index (κ3) is 4.30. The van der Waals surface area contributed by atoms with Gasteiger partial charge in [-0.3, -0.25) is 4.79 Å². The standard InChI is InChI=1S/C23H27N3O4S/c1-14-21(24-25-23(27)31-14)17-7-8-18-16(12-17)6-5-9-26(18)13-15-10-19(28-2)22(30-4)20(11-15)29-3/h7-8,10-12,14H,5-6,9,13H2,1-4H3,(H,25,27). The average molecular weight is 442 g/mol. The number of nitrogens with one attached hydrogen (secondary N) is 1. The molecule has 1 N–H and O–H groups in total. The first-order valence-electron chi connectivity index (χ1n) is 10.3. The topological polar surface area (TPSA) is 72.4 Å². The Kier molecular flexibility index (Phi) is 6.27. The van der Waals surface area contributed by atoms with E-state index in [0.717, 1.165) is 42.8 Å². The molecule has 0 bridgehead atoms. The Morgan fingerprint density at radius 3 is 2.52 bits per heavy atom. The van der Waals surface area contributed by atoms with E-state index in [0.29, 0.717) is 17.2 Å². The van der Waals surface area contributed by atoms with Crippen molar-refractivity contribution in [3.63, 3.8) is 0 Å². The fourth-order valence-corrected chi connectivity index (χ4v) is 4.90. The fraction of sp³-hybridized carbons (Fsp3) is 0.391. The molecule has 7 nitrogen and oxygen atoms in total. The number of carbonyl (C=O) groups is 1. The predicted octanol–water partition coefficient (Wildman–Crippen LogP) is 4.21. The first kappa shape index (κ1) is 21.4. The molecule has 164 valence electrons. The van der Waals surface area contributed by atoms with E-state index in [1.807, 2.05) is 19.1 Å². The number of thioether (sulfide) groups is 1. The van der Waals surface area contributed by atoms with Crippen LogP contribution in [0.5, 0.6) is 17.2 Å². The monoisotopic (exact) mass is 441 g/mol. The fourth-order valence-electron chi connectivity index (χ4n) is 4.18. The zero-order valence-corrected chi connectivity index (χ0v) is 19.0. The summed E-state index contributed by atoms with van der Waals surface area (Å²) in [6.07, 6.45) is 2.10. The first-order chi connectivity index (χ1) is 15.0. The van der Waals surface area contributed by atoms with Crippen molar-refractivity contribution in [2.45, 2.75) is 31.6 Å². The van der Waals surface area contributed by atoms with Crippen LogP contribution in [0.4, 0.5) is 10.5 Å². The molecule has 0 aliphatic carbocycles. The minimum absolute atomic E-state index is 0.0331. The minimum atomic E-state index is -0.106. The van der Waals surface area contributed by atoms with Crippen molar-refractivity contribution < 1.29 is 19.0 Å². The Bertz CT molecular complexity index is 999. The van der Waals surface area contributed by atoms with Crippen molar-refractivity contribution in [1.29, 1.82) is 0 Å². The van der Waals surface area contributed by atoms with Gasteiger partial charge in [-0.15, -0.1) is 0 Å². The molecule has 2 aliphatic heterocycles. The maximum absolute atomic E-state index is 11.5. The van der Waals surface area contributed by atoms with Gasteiger partial charge in [-0.05, 0) is 60.7 Å². The number of benzene rings is 2. The summed E-state index contributed by atoms with van der Waals surface area (Å²) in [6, 6.07) is 10.5. The third-order valence-corrected chi connectivity index (χ3v) is 6.51. The van der Waals surface area contributed by atoms with Gasteiger partial charge in [-0.1, -0.05) is 17.8 Å². The number of aryl methyl sites for hydroxylation is 1. The number of amides is 1. The lowest BCUT2D eigenvalue weighted by Crippen LogP contribution is -2.31. The van der Waals surface area contributed by atoms with Crippen LogP contribution in [-0.2, 0) is 13.0 Å². The number of nitrogens with zero attached hydrogens (tertiary/aromatic N) is 2. The molecular formula is C23H27N3O4S. The van der Waals surface area contributed by atoms with Crippen molar-refractivity contribution in [3.05, 3.63) is 47.0 Å². The number of fused-ring (bicyclic) bond motifs is 1. The lowest BCUT2D eigenvalue weighted by molar-refractivity contribution is 0.261. The number of methoxy groups -OCH3 is 3. The summed E-state index contributed by atoms with van der Waals surface area (Å²) >= 11 is 1.27. The van der Waals surface area contributed by atoms with E-state index in [-0.39, 0.29) is 10.5 Å². The van der Waals surface area contributed by atoms with Crippen LogP contribution in [0.2, 0.25) is 0 Å². The second-order valence-electron chi connectivity index (χ2n) is 7.56. The lowest BCUT2D eigenvalue weighted by Gasteiger charge is -2.32. The van der Waals surface area contributed by atoms with Crippen molar-refractivity contribution in [1.82, 2.24) is 5.43 Å². The van der Waals surface area contributed by atoms with Gasteiger partial charge in [0.05, 0.1) is 32.3 Å². The molecule has 0 saturated heterocycles. The largest absolute Gasteiger partial charge is 0.493 e. The number of hydrogen-bond donors (Lipinski definition) is 1. The summed E-state index contributed by atoms with van der Waals surface area (Å²) in [4.78, 5) is 13.9. The van der Waals surface area contributed by atoms with Crippen LogP contribution in [-0.4, -0.2) is 44.1 Å². The van der Waals surface area contributed by atoms with E-state index >= 15 is 0 Å². The zero-order chi connectivity index (χ0) is 22.0. The molecule has 31 heavy (non-hydrogen) atoms. The van der Waals surface area contributed by atoms with Crippen molar-refractivity contribution in [2.75, 3.05) is 32.8 Å². The number of hydrogen-bond acceptors (Lipinski definition) is 7. The van der Waals surface area contributed by atoms with Gasteiger partial charge in [0, 0.05) is 18.8 Å². The number of hydrazone groups is 1.